The number of rotatable bonds is 5. The van der Waals surface area contributed by atoms with Gasteiger partial charge in [-0.2, -0.15) is 0 Å². The number of pyridine rings is 1. The molecule has 1 aromatic heterocycles. The van der Waals surface area contributed by atoms with Crippen LogP contribution in [0.1, 0.15) is 16.8 Å². The SMILES string of the molecule is COc1cc(OC)cc(OCc2ncc(C)c(N)c2C)c1. The summed E-state index contributed by atoms with van der Waals surface area (Å²) < 4.78 is 16.2. The number of ether oxygens (including phenoxy) is 3. The van der Waals surface area contributed by atoms with Crippen molar-refractivity contribution in [2.24, 2.45) is 0 Å². The maximum atomic E-state index is 6.01. The van der Waals surface area contributed by atoms with Crippen LogP contribution in [0, 0.1) is 13.8 Å². The largest absolute Gasteiger partial charge is 0.496 e. The van der Waals surface area contributed by atoms with E-state index in [-0.39, 0.29) is 0 Å². The van der Waals surface area contributed by atoms with Gasteiger partial charge in [-0.3, -0.25) is 4.98 Å². The average Bonchev–Trinajstić information content (AvgIpc) is 2.51. The van der Waals surface area contributed by atoms with Gasteiger partial charge in [0, 0.05) is 30.1 Å². The number of aryl methyl sites for hydroxylation is 1. The van der Waals surface area contributed by atoms with Crippen molar-refractivity contribution in [1.29, 1.82) is 0 Å². The molecule has 1 heterocycles. The Hall–Kier alpha value is -2.43. The first kappa shape index (κ1) is 15.0. The van der Waals surface area contributed by atoms with Crippen molar-refractivity contribution in [2.45, 2.75) is 20.5 Å². The lowest BCUT2D eigenvalue weighted by atomic mass is 10.1. The number of benzene rings is 1. The standard InChI is InChI=1S/C16H20N2O3/c1-10-8-18-15(11(2)16(10)17)9-21-14-6-12(19-3)5-13(7-14)20-4/h5-8H,9H2,1-4H3,(H2,17,18). The molecule has 0 aliphatic heterocycles. The number of methoxy groups -OCH3 is 2. The van der Waals surface area contributed by atoms with E-state index in [1.807, 2.05) is 13.8 Å². The van der Waals surface area contributed by atoms with Gasteiger partial charge in [0.15, 0.2) is 0 Å². The Kier molecular flexibility index (Phi) is 4.52. The smallest absolute Gasteiger partial charge is 0.131 e. The third-order valence-corrected chi connectivity index (χ3v) is 3.38. The Bertz CT molecular complexity index is 619. The van der Waals surface area contributed by atoms with Gasteiger partial charge in [-0.1, -0.05) is 0 Å². The van der Waals surface area contributed by atoms with E-state index >= 15 is 0 Å². The number of nitrogens with two attached hydrogens (primary N) is 1. The first-order valence-electron chi connectivity index (χ1n) is 6.61. The number of anilines is 1. The first-order chi connectivity index (χ1) is 10.0. The zero-order valence-electron chi connectivity index (χ0n) is 12.8. The van der Waals surface area contributed by atoms with E-state index in [0.29, 0.717) is 23.9 Å². The van der Waals surface area contributed by atoms with Crippen molar-refractivity contribution >= 4 is 5.69 Å². The minimum absolute atomic E-state index is 0.340. The Morgan fingerprint density at radius 2 is 1.57 bits per heavy atom. The third-order valence-electron chi connectivity index (χ3n) is 3.38. The number of hydrogen-bond acceptors (Lipinski definition) is 5. The van der Waals surface area contributed by atoms with Crippen LogP contribution >= 0.6 is 0 Å². The van der Waals surface area contributed by atoms with Crippen LogP contribution in [0.15, 0.2) is 24.4 Å². The fourth-order valence-corrected chi connectivity index (χ4v) is 1.95. The summed E-state index contributed by atoms with van der Waals surface area (Å²) in [5, 5.41) is 0. The van der Waals surface area contributed by atoms with E-state index in [0.717, 1.165) is 22.5 Å². The van der Waals surface area contributed by atoms with Gasteiger partial charge in [0.25, 0.3) is 0 Å². The van der Waals surface area contributed by atoms with E-state index in [1.54, 1.807) is 38.6 Å². The highest BCUT2D eigenvalue weighted by Crippen LogP contribution is 2.28. The normalized spacial score (nSPS) is 10.3. The van der Waals surface area contributed by atoms with Crippen LogP contribution in [0.2, 0.25) is 0 Å². The Labute approximate surface area is 124 Å². The summed E-state index contributed by atoms with van der Waals surface area (Å²) in [5.74, 6) is 2.02. The maximum Gasteiger partial charge on any atom is 0.131 e. The molecule has 0 spiro atoms. The van der Waals surface area contributed by atoms with Gasteiger partial charge in [-0.05, 0) is 25.0 Å². The maximum absolute atomic E-state index is 6.01. The minimum atomic E-state index is 0.340. The Balaban J connectivity index is 2.18. The molecule has 2 rings (SSSR count). The van der Waals surface area contributed by atoms with E-state index in [9.17, 15) is 0 Å². The molecule has 0 saturated heterocycles. The van der Waals surface area contributed by atoms with Crippen LogP contribution in [-0.2, 0) is 6.61 Å². The second-order valence-corrected chi connectivity index (χ2v) is 4.76. The summed E-state index contributed by atoms with van der Waals surface area (Å²) in [4.78, 5) is 4.37. The summed E-state index contributed by atoms with van der Waals surface area (Å²) in [5.41, 5.74) is 9.50. The van der Waals surface area contributed by atoms with Crippen molar-refractivity contribution < 1.29 is 14.2 Å². The van der Waals surface area contributed by atoms with Gasteiger partial charge in [-0.15, -0.1) is 0 Å². The number of nitrogen functional groups attached to an aromatic ring is 1. The lowest BCUT2D eigenvalue weighted by Crippen LogP contribution is -2.05. The second kappa shape index (κ2) is 6.35. The third kappa shape index (κ3) is 3.37. The fraction of sp³-hybridized carbons (Fsp3) is 0.312. The summed E-state index contributed by atoms with van der Waals surface area (Å²) in [7, 11) is 3.20. The molecule has 21 heavy (non-hydrogen) atoms. The highest BCUT2D eigenvalue weighted by atomic mass is 16.5. The molecule has 0 bridgehead atoms. The zero-order chi connectivity index (χ0) is 15.4. The van der Waals surface area contributed by atoms with Crippen molar-refractivity contribution in [3.8, 4) is 17.2 Å². The van der Waals surface area contributed by atoms with Crippen LogP contribution in [0.3, 0.4) is 0 Å². The van der Waals surface area contributed by atoms with E-state index in [2.05, 4.69) is 4.98 Å². The molecule has 5 heteroatoms. The summed E-state index contributed by atoms with van der Waals surface area (Å²) in [6.07, 6.45) is 1.76. The summed E-state index contributed by atoms with van der Waals surface area (Å²) in [6, 6.07) is 5.39. The van der Waals surface area contributed by atoms with Gasteiger partial charge >= 0.3 is 0 Å². The van der Waals surface area contributed by atoms with Crippen LogP contribution < -0.4 is 19.9 Å². The van der Waals surface area contributed by atoms with Crippen molar-refractivity contribution in [2.75, 3.05) is 20.0 Å². The predicted octanol–water partition coefficient (Wildman–Crippen LogP) is 2.88. The van der Waals surface area contributed by atoms with E-state index in [4.69, 9.17) is 19.9 Å². The zero-order valence-corrected chi connectivity index (χ0v) is 12.8. The first-order valence-corrected chi connectivity index (χ1v) is 6.61. The number of nitrogens with zero attached hydrogens (tertiary/aromatic N) is 1. The predicted molar refractivity (Wildman–Crippen MR) is 82.0 cm³/mol. The van der Waals surface area contributed by atoms with Crippen LogP contribution in [0.4, 0.5) is 5.69 Å². The summed E-state index contributed by atoms with van der Waals surface area (Å²) in [6.45, 7) is 4.22. The highest BCUT2D eigenvalue weighted by Gasteiger charge is 2.08. The molecule has 1 aromatic carbocycles. The molecule has 2 aromatic rings. The van der Waals surface area contributed by atoms with Crippen LogP contribution in [0.25, 0.3) is 0 Å². The molecule has 0 radical (unpaired) electrons. The molecule has 2 N–H and O–H groups in total. The van der Waals surface area contributed by atoms with E-state index in [1.165, 1.54) is 0 Å². The molecule has 5 nitrogen and oxygen atoms in total. The molecular formula is C16H20N2O3. The molecule has 112 valence electrons. The lowest BCUT2D eigenvalue weighted by molar-refractivity contribution is 0.295. The second-order valence-electron chi connectivity index (χ2n) is 4.76. The Morgan fingerprint density at radius 1 is 1.00 bits per heavy atom. The van der Waals surface area contributed by atoms with Crippen LogP contribution in [-0.4, -0.2) is 19.2 Å². The highest BCUT2D eigenvalue weighted by molar-refractivity contribution is 5.53. The summed E-state index contributed by atoms with van der Waals surface area (Å²) >= 11 is 0. The van der Waals surface area contributed by atoms with Gasteiger partial charge in [0.1, 0.15) is 23.9 Å². The number of hydrogen-bond donors (Lipinski definition) is 1. The lowest BCUT2D eigenvalue weighted by Gasteiger charge is -2.12. The topological polar surface area (TPSA) is 66.6 Å². The van der Waals surface area contributed by atoms with Gasteiger partial charge in [0.05, 0.1) is 19.9 Å². The van der Waals surface area contributed by atoms with Crippen molar-refractivity contribution in [3.63, 3.8) is 0 Å². The molecule has 0 saturated carbocycles. The molecule has 0 unspecified atom stereocenters. The van der Waals surface area contributed by atoms with Crippen molar-refractivity contribution in [3.05, 3.63) is 41.2 Å². The molecule has 0 aliphatic rings. The monoisotopic (exact) mass is 288 g/mol. The molecule has 0 atom stereocenters. The van der Waals surface area contributed by atoms with Crippen LogP contribution in [0.5, 0.6) is 17.2 Å². The average molecular weight is 288 g/mol. The van der Waals surface area contributed by atoms with Gasteiger partial charge < -0.3 is 19.9 Å². The molecule has 0 aliphatic carbocycles. The molecular weight excluding hydrogens is 268 g/mol. The number of aromatic nitrogens is 1. The Morgan fingerprint density at radius 3 is 2.14 bits per heavy atom. The quantitative estimate of drug-likeness (QED) is 0.916. The minimum Gasteiger partial charge on any atom is -0.496 e. The van der Waals surface area contributed by atoms with Gasteiger partial charge in [-0.25, -0.2) is 0 Å². The van der Waals surface area contributed by atoms with Crippen molar-refractivity contribution in [1.82, 2.24) is 4.98 Å². The van der Waals surface area contributed by atoms with Gasteiger partial charge in [0.2, 0.25) is 0 Å². The van der Waals surface area contributed by atoms with E-state index < -0.39 is 0 Å². The fourth-order valence-electron chi connectivity index (χ4n) is 1.95. The molecule has 0 amide bonds. The molecule has 0 fully saturated rings.